The SMILES string of the molecule is CCc1ncnc(O[C@H]2CCN(C(=O)c3ccccc3Br)C2)c1F. The molecule has 126 valence electrons. The number of nitrogens with zero attached hydrogens (tertiary/aromatic N) is 3. The predicted molar refractivity (Wildman–Crippen MR) is 90.4 cm³/mol. The van der Waals surface area contributed by atoms with Gasteiger partial charge in [-0.3, -0.25) is 4.79 Å². The quantitative estimate of drug-likeness (QED) is 0.799. The van der Waals surface area contributed by atoms with E-state index in [4.69, 9.17) is 4.74 Å². The van der Waals surface area contributed by atoms with Gasteiger partial charge in [-0.25, -0.2) is 4.98 Å². The summed E-state index contributed by atoms with van der Waals surface area (Å²) in [6.07, 6.45) is 2.14. The van der Waals surface area contributed by atoms with E-state index >= 15 is 0 Å². The maximum Gasteiger partial charge on any atom is 0.255 e. The average molecular weight is 394 g/mol. The van der Waals surface area contributed by atoms with E-state index in [2.05, 4.69) is 25.9 Å². The maximum absolute atomic E-state index is 14.2. The highest BCUT2D eigenvalue weighted by molar-refractivity contribution is 9.10. The number of aryl methyl sites for hydroxylation is 1. The van der Waals surface area contributed by atoms with Crippen molar-refractivity contribution < 1.29 is 13.9 Å². The van der Waals surface area contributed by atoms with Crippen LogP contribution in [-0.4, -0.2) is 40.0 Å². The topological polar surface area (TPSA) is 55.3 Å². The number of benzene rings is 1. The lowest BCUT2D eigenvalue weighted by molar-refractivity contribution is 0.0769. The Hall–Kier alpha value is -2.02. The van der Waals surface area contributed by atoms with Crippen LogP contribution in [0.25, 0.3) is 0 Å². The Balaban J connectivity index is 1.68. The van der Waals surface area contributed by atoms with Crippen LogP contribution < -0.4 is 4.74 Å². The molecule has 0 N–H and O–H groups in total. The van der Waals surface area contributed by atoms with Gasteiger partial charge in [0, 0.05) is 17.4 Å². The normalized spacial score (nSPS) is 17.1. The van der Waals surface area contributed by atoms with Crippen LogP contribution in [0.4, 0.5) is 4.39 Å². The third kappa shape index (κ3) is 3.40. The van der Waals surface area contributed by atoms with Gasteiger partial charge >= 0.3 is 0 Å². The number of ether oxygens (including phenoxy) is 1. The summed E-state index contributed by atoms with van der Waals surface area (Å²) in [4.78, 5) is 22.0. The van der Waals surface area contributed by atoms with E-state index in [0.29, 0.717) is 37.2 Å². The third-order valence-electron chi connectivity index (χ3n) is 3.98. The largest absolute Gasteiger partial charge is 0.470 e. The van der Waals surface area contributed by atoms with E-state index < -0.39 is 5.82 Å². The van der Waals surface area contributed by atoms with Crippen molar-refractivity contribution in [3.8, 4) is 5.88 Å². The smallest absolute Gasteiger partial charge is 0.255 e. The molecular weight excluding hydrogens is 377 g/mol. The summed E-state index contributed by atoms with van der Waals surface area (Å²) in [6.45, 7) is 2.80. The van der Waals surface area contributed by atoms with E-state index in [1.54, 1.807) is 11.0 Å². The first-order valence-electron chi connectivity index (χ1n) is 7.80. The van der Waals surface area contributed by atoms with E-state index in [1.165, 1.54) is 6.33 Å². The summed E-state index contributed by atoms with van der Waals surface area (Å²) >= 11 is 3.39. The second-order valence-corrected chi connectivity index (χ2v) is 6.41. The zero-order valence-electron chi connectivity index (χ0n) is 13.2. The van der Waals surface area contributed by atoms with Crippen molar-refractivity contribution in [2.45, 2.75) is 25.9 Å². The average Bonchev–Trinajstić information content (AvgIpc) is 3.05. The van der Waals surface area contributed by atoms with E-state index in [1.807, 2.05) is 25.1 Å². The third-order valence-corrected chi connectivity index (χ3v) is 4.67. The molecule has 3 rings (SSSR count). The summed E-state index contributed by atoms with van der Waals surface area (Å²) in [5, 5.41) is 0. The van der Waals surface area contributed by atoms with E-state index in [9.17, 15) is 9.18 Å². The molecule has 1 amide bonds. The Bertz CT molecular complexity index is 756. The molecule has 1 aromatic carbocycles. The molecule has 0 unspecified atom stereocenters. The fourth-order valence-electron chi connectivity index (χ4n) is 2.69. The van der Waals surface area contributed by atoms with Crippen LogP contribution in [0.5, 0.6) is 5.88 Å². The van der Waals surface area contributed by atoms with Gasteiger partial charge in [0.25, 0.3) is 11.8 Å². The zero-order chi connectivity index (χ0) is 17.1. The standard InChI is InChI=1S/C17H17BrFN3O2/c1-2-14-15(19)16(21-10-20-14)24-11-7-8-22(9-11)17(23)12-5-3-4-6-13(12)18/h3-6,10-11H,2,7-9H2,1H3/t11-/m0/s1. The number of hydrogen-bond acceptors (Lipinski definition) is 4. The molecule has 1 fully saturated rings. The van der Waals surface area contributed by atoms with Crippen LogP contribution in [0, 0.1) is 5.82 Å². The van der Waals surface area contributed by atoms with Crippen molar-refractivity contribution in [1.29, 1.82) is 0 Å². The van der Waals surface area contributed by atoms with Gasteiger partial charge in [-0.1, -0.05) is 19.1 Å². The molecule has 0 radical (unpaired) electrons. The molecule has 0 saturated carbocycles. The van der Waals surface area contributed by atoms with Crippen LogP contribution in [0.3, 0.4) is 0 Å². The Morgan fingerprint density at radius 2 is 2.21 bits per heavy atom. The van der Waals surface area contributed by atoms with Crippen LogP contribution >= 0.6 is 15.9 Å². The summed E-state index contributed by atoms with van der Waals surface area (Å²) in [5.41, 5.74) is 0.943. The highest BCUT2D eigenvalue weighted by Crippen LogP contribution is 2.24. The molecule has 2 aromatic rings. The lowest BCUT2D eigenvalue weighted by Gasteiger charge is -2.18. The van der Waals surface area contributed by atoms with Gasteiger partial charge in [-0.15, -0.1) is 0 Å². The van der Waals surface area contributed by atoms with Gasteiger partial charge < -0.3 is 9.64 Å². The first-order chi connectivity index (χ1) is 11.6. The Kier molecular flexibility index (Phi) is 5.08. The van der Waals surface area contributed by atoms with Crippen molar-refractivity contribution in [2.75, 3.05) is 13.1 Å². The fourth-order valence-corrected chi connectivity index (χ4v) is 3.14. The van der Waals surface area contributed by atoms with Gasteiger partial charge in [0.05, 0.1) is 17.8 Å². The van der Waals surface area contributed by atoms with E-state index in [-0.39, 0.29) is 17.9 Å². The molecule has 1 aliphatic rings. The summed E-state index contributed by atoms with van der Waals surface area (Å²) in [5.74, 6) is -0.622. The van der Waals surface area contributed by atoms with Crippen molar-refractivity contribution in [3.63, 3.8) is 0 Å². The minimum atomic E-state index is -0.518. The molecule has 7 heteroatoms. The first kappa shape index (κ1) is 16.8. The van der Waals surface area contributed by atoms with E-state index in [0.717, 1.165) is 4.47 Å². The molecule has 24 heavy (non-hydrogen) atoms. The molecule has 0 aliphatic carbocycles. The van der Waals surface area contributed by atoms with Crippen molar-refractivity contribution in [2.24, 2.45) is 0 Å². The lowest BCUT2D eigenvalue weighted by Crippen LogP contribution is -2.31. The maximum atomic E-state index is 14.2. The number of carbonyl (C=O) groups is 1. The Morgan fingerprint density at radius 3 is 2.96 bits per heavy atom. The number of rotatable bonds is 4. The molecule has 1 aliphatic heterocycles. The number of halogens is 2. The Morgan fingerprint density at radius 1 is 1.42 bits per heavy atom. The van der Waals surface area contributed by atoms with Gasteiger partial charge in [0.1, 0.15) is 12.4 Å². The van der Waals surface area contributed by atoms with Crippen molar-refractivity contribution >= 4 is 21.8 Å². The monoisotopic (exact) mass is 393 g/mol. The molecule has 1 saturated heterocycles. The lowest BCUT2D eigenvalue weighted by atomic mass is 10.2. The van der Waals surface area contributed by atoms with Gasteiger partial charge in [0.15, 0.2) is 0 Å². The second kappa shape index (κ2) is 7.25. The summed E-state index contributed by atoms with van der Waals surface area (Å²) in [6, 6.07) is 7.29. The number of carbonyl (C=O) groups excluding carboxylic acids is 1. The minimum absolute atomic E-state index is 0.0398. The molecule has 0 bridgehead atoms. The predicted octanol–water partition coefficient (Wildman–Crippen LogP) is 3.23. The Labute approximate surface area is 148 Å². The number of likely N-dealkylation sites (tertiary alicyclic amines) is 1. The van der Waals surface area contributed by atoms with Gasteiger partial charge in [-0.05, 0) is 34.5 Å². The van der Waals surface area contributed by atoms with Crippen molar-refractivity contribution in [3.05, 3.63) is 52.1 Å². The van der Waals surface area contributed by atoms with Crippen LogP contribution in [0.2, 0.25) is 0 Å². The highest BCUT2D eigenvalue weighted by atomic mass is 79.9. The molecular formula is C17H17BrFN3O2. The van der Waals surface area contributed by atoms with Crippen LogP contribution in [-0.2, 0) is 6.42 Å². The summed E-state index contributed by atoms with van der Waals surface area (Å²) in [7, 11) is 0. The number of hydrogen-bond donors (Lipinski definition) is 0. The highest BCUT2D eigenvalue weighted by Gasteiger charge is 2.30. The molecule has 0 spiro atoms. The van der Waals surface area contributed by atoms with Crippen LogP contribution in [0.1, 0.15) is 29.4 Å². The van der Waals surface area contributed by atoms with Gasteiger partial charge in [0.2, 0.25) is 5.82 Å². The zero-order valence-corrected chi connectivity index (χ0v) is 14.8. The second-order valence-electron chi connectivity index (χ2n) is 5.55. The molecule has 1 aromatic heterocycles. The van der Waals surface area contributed by atoms with Crippen molar-refractivity contribution in [1.82, 2.24) is 14.9 Å². The molecule has 1 atom stereocenters. The van der Waals surface area contributed by atoms with Crippen LogP contribution in [0.15, 0.2) is 35.1 Å². The van der Waals surface area contributed by atoms with Gasteiger partial charge in [-0.2, -0.15) is 9.37 Å². The fraction of sp³-hybridized carbons (Fsp3) is 0.353. The number of aromatic nitrogens is 2. The summed E-state index contributed by atoms with van der Waals surface area (Å²) < 4.78 is 20.6. The first-order valence-corrected chi connectivity index (χ1v) is 8.59. The molecule has 2 heterocycles. The molecule has 5 nitrogen and oxygen atoms in total. The number of amides is 1. The minimum Gasteiger partial charge on any atom is -0.470 e.